The second kappa shape index (κ2) is 14.3. The van der Waals surface area contributed by atoms with Gasteiger partial charge in [-0.15, -0.1) is 0 Å². The monoisotopic (exact) mass is 622 g/mol. The Bertz CT molecular complexity index is 1870. The first-order valence-corrected chi connectivity index (χ1v) is 14.4. The van der Waals surface area contributed by atoms with Gasteiger partial charge in [0.1, 0.15) is 23.0 Å². The van der Waals surface area contributed by atoms with Crippen LogP contribution >= 0.6 is 0 Å². The molecule has 3 aromatic carbocycles. The van der Waals surface area contributed by atoms with Gasteiger partial charge in [-0.2, -0.15) is 0 Å². The second-order valence-electron chi connectivity index (χ2n) is 11.4. The van der Waals surface area contributed by atoms with E-state index in [2.05, 4.69) is 14.7 Å². The molecule has 0 atom stereocenters. The van der Waals surface area contributed by atoms with E-state index in [9.17, 15) is 9.59 Å². The standard InChI is InChI=1S/C34H35FN4O4.K.H/c1-6-10-29-36-28(7-2)30(21-15-17-24(18-16-21)42-34(3,4)5)32(40)39(29)20-23-14-13-22(19-27(23)35)25-11-8-9-12-26(25)31-37-33(41)43-38-31;;/h8-9,11-19H,6-7,10,20H2,1-5H3,(H,37,38,41);;. The molecule has 5 aromatic rings. The second-order valence-corrected chi connectivity index (χ2v) is 11.4. The van der Waals surface area contributed by atoms with Gasteiger partial charge in [-0.25, -0.2) is 14.2 Å². The molecule has 0 aliphatic carbocycles. The van der Waals surface area contributed by atoms with Crippen LogP contribution in [0.3, 0.4) is 0 Å². The Morgan fingerprint density at radius 1 is 0.955 bits per heavy atom. The number of ether oxygens (including phenoxy) is 1. The molecule has 10 heteroatoms. The van der Waals surface area contributed by atoms with Crippen molar-refractivity contribution in [2.45, 2.75) is 66.0 Å². The quantitative estimate of drug-likeness (QED) is 0.198. The fourth-order valence-electron chi connectivity index (χ4n) is 5.11. The molecule has 2 aromatic heterocycles. The molecule has 44 heavy (non-hydrogen) atoms. The van der Waals surface area contributed by atoms with Crippen molar-refractivity contribution in [3.8, 4) is 39.4 Å². The zero-order chi connectivity index (χ0) is 30.7. The molecule has 1 N–H and O–H groups in total. The molecule has 0 aliphatic heterocycles. The van der Waals surface area contributed by atoms with Crippen LogP contribution in [0.25, 0.3) is 33.6 Å². The molecule has 0 bridgehead atoms. The molecule has 2 heterocycles. The van der Waals surface area contributed by atoms with Gasteiger partial charge >= 0.3 is 57.1 Å². The van der Waals surface area contributed by atoms with E-state index < -0.39 is 11.6 Å². The van der Waals surface area contributed by atoms with E-state index in [1.165, 1.54) is 6.07 Å². The fourth-order valence-corrected chi connectivity index (χ4v) is 5.11. The third-order valence-electron chi connectivity index (χ3n) is 7.01. The summed E-state index contributed by atoms with van der Waals surface area (Å²) in [5.41, 5.74) is 3.66. The Hall–Kier alpha value is -3.15. The number of rotatable bonds is 9. The predicted molar refractivity (Wildman–Crippen MR) is 172 cm³/mol. The van der Waals surface area contributed by atoms with Crippen LogP contribution in [0.2, 0.25) is 0 Å². The van der Waals surface area contributed by atoms with Crippen LogP contribution in [-0.2, 0) is 19.4 Å². The van der Waals surface area contributed by atoms with Crippen molar-refractivity contribution in [3.05, 3.63) is 111 Å². The molecule has 0 saturated heterocycles. The number of aryl methyl sites for hydroxylation is 2. The Kier molecular flexibility index (Phi) is 11.0. The normalized spacial score (nSPS) is 11.3. The van der Waals surface area contributed by atoms with Crippen molar-refractivity contribution in [1.29, 1.82) is 0 Å². The number of benzene rings is 3. The van der Waals surface area contributed by atoms with E-state index in [-0.39, 0.29) is 74.9 Å². The van der Waals surface area contributed by atoms with Crippen molar-refractivity contribution in [1.82, 2.24) is 19.7 Å². The van der Waals surface area contributed by atoms with Gasteiger partial charge in [-0.1, -0.05) is 67.5 Å². The first kappa shape index (κ1) is 33.7. The van der Waals surface area contributed by atoms with Crippen LogP contribution in [0, 0.1) is 5.82 Å². The van der Waals surface area contributed by atoms with Crippen LogP contribution in [0.15, 0.2) is 80.8 Å². The van der Waals surface area contributed by atoms with Crippen molar-refractivity contribution >= 4 is 51.4 Å². The minimum atomic E-state index is -0.670. The Morgan fingerprint density at radius 2 is 1.64 bits per heavy atom. The van der Waals surface area contributed by atoms with Crippen molar-refractivity contribution < 1.29 is 13.7 Å². The summed E-state index contributed by atoms with van der Waals surface area (Å²) in [7, 11) is 0. The molecule has 0 unspecified atom stereocenters. The first-order valence-electron chi connectivity index (χ1n) is 14.4. The van der Waals surface area contributed by atoms with Crippen molar-refractivity contribution in [2.75, 3.05) is 0 Å². The summed E-state index contributed by atoms with van der Waals surface area (Å²) in [6.45, 7) is 9.98. The zero-order valence-electron chi connectivity index (χ0n) is 25.0. The average Bonchev–Trinajstić information content (AvgIpc) is 3.41. The minimum absolute atomic E-state index is 0. The number of nitrogens with zero attached hydrogens (tertiary/aromatic N) is 3. The summed E-state index contributed by atoms with van der Waals surface area (Å²) in [4.78, 5) is 33.1. The summed E-state index contributed by atoms with van der Waals surface area (Å²) >= 11 is 0. The molecule has 8 nitrogen and oxygen atoms in total. The molecule has 0 fully saturated rings. The molecule has 0 aliphatic rings. The van der Waals surface area contributed by atoms with E-state index in [0.29, 0.717) is 57.9 Å². The summed E-state index contributed by atoms with van der Waals surface area (Å²) in [5, 5.41) is 3.78. The molecule has 0 saturated carbocycles. The van der Waals surface area contributed by atoms with E-state index in [1.807, 2.05) is 71.0 Å². The van der Waals surface area contributed by atoms with Crippen LogP contribution in [0.1, 0.15) is 58.1 Å². The third kappa shape index (κ3) is 7.55. The Labute approximate surface area is 298 Å². The van der Waals surface area contributed by atoms with Crippen LogP contribution in [-0.4, -0.2) is 76.7 Å². The SMILES string of the molecule is CCCc1nc(CC)c(-c2ccc(OC(C)(C)C)cc2)c(=O)n1Cc1ccc(-c2ccccc2-c2noc(=O)[nH]2)cc1F.[KH]. The molecule has 0 spiro atoms. The van der Waals surface area contributed by atoms with Gasteiger partial charge < -0.3 is 4.74 Å². The van der Waals surface area contributed by atoms with Crippen LogP contribution in [0.5, 0.6) is 5.75 Å². The summed E-state index contributed by atoms with van der Waals surface area (Å²) in [6, 6.07) is 19.6. The number of H-pyrrole nitrogens is 1. The third-order valence-corrected chi connectivity index (χ3v) is 7.01. The van der Waals surface area contributed by atoms with Gasteiger partial charge in [0.15, 0.2) is 5.82 Å². The van der Waals surface area contributed by atoms with E-state index in [1.54, 1.807) is 28.8 Å². The summed E-state index contributed by atoms with van der Waals surface area (Å²) in [6.07, 6.45) is 1.96. The van der Waals surface area contributed by atoms with Gasteiger partial charge in [0.2, 0.25) is 0 Å². The average molecular weight is 623 g/mol. The number of nitrogens with one attached hydrogen (secondary N) is 1. The van der Waals surface area contributed by atoms with E-state index >= 15 is 4.39 Å². The van der Waals surface area contributed by atoms with Gasteiger partial charge in [0.25, 0.3) is 5.56 Å². The van der Waals surface area contributed by atoms with Crippen molar-refractivity contribution in [3.63, 3.8) is 0 Å². The fraction of sp³-hybridized carbons (Fsp3) is 0.294. The number of halogens is 1. The number of hydrogen-bond donors (Lipinski definition) is 1. The van der Waals surface area contributed by atoms with Gasteiger partial charge in [-0.05, 0) is 68.5 Å². The molecular weight excluding hydrogens is 586 g/mol. The van der Waals surface area contributed by atoms with Crippen LogP contribution < -0.4 is 16.1 Å². The van der Waals surface area contributed by atoms with E-state index in [0.717, 1.165) is 12.0 Å². The van der Waals surface area contributed by atoms with Gasteiger partial charge in [-0.3, -0.25) is 18.9 Å². The summed E-state index contributed by atoms with van der Waals surface area (Å²) in [5.74, 6) is 0.470. The molecular formula is C34H36FKN4O4. The number of aromatic amines is 1. The molecule has 0 amide bonds. The number of aromatic nitrogens is 4. The van der Waals surface area contributed by atoms with Gasteiger partial charge in [0.05, 0.1) is 17.8 Å². The molecule has 5 rings (SSSR count). The Balaban J connectivity index is 0.00000442. The summed E-state index contributed by atoms with van der Waals surface area (Å²) < 4.78 is 27.9. The molecule has 0 radical (unpaired) electrons. The van der Waals surface area contributed by atoms with Gasteiger partial charge in [0, 0.05) is 17.5 Å². The maximum atomic E-state index is 15.7. The predicted octanol–water partition coefficient (Wildman–Crippen LogP) is 6.15. The number of hydrogen-bond acceptors (Lipinski definition) is 6. The van der Waals surface area contributed by atoms with Crippen molar-refractivity contribution in [2.24, 2.45) is 0 Å². The zero-order valence-corrected chi connectivity index (χ0v) is 25.0. The topological polar surface area (TPSA) is 103 Å². The molecule has 224 valence electrons. The maximum absolute atomic E-state index is 15.7. The first-order chi connectivity index (χ1) is 20.6. The van der Waals surface area contributed by atoms with E-state index in [4.69, 9.17) is 9.72 Å². The Morgan fingerprint density at radius 3 is 2.23 bits per heavy atom. The van der Waals surface area contributed by atoms with Crippen LogP contribution in [0.4, 0.5) is 4.39 Å².